The van der Waals surface area contributed by atoms with Gasteiger partial charge in [-0.1, -0.05) is 0 Å². The molecule has 214 valence electrons. The van der Waals surface area contributed by atoms with Crippen molar-refractivity contribution in [2.24, 2.45) is 5.92 Å². The third kappa shape index (κ3) is 7.64. The molecule has 0 bridgehead atoms. The molecule has 1 N–H and O–H groups in total. The van der Waals surface area contributed by atoms with Gasteiger partial charge in [0.05, 0.1) is 41.6 Å². The number of halogens is 3. The van der Waals surface area contributed by atoms with E-state index in [0.717, 1.165) is 24.2 Å². The summed E-state index contributed by atoms with van der Waals surface area (Å²) in [5, 5.41) is 2.77. The van der Waals surface area contributed by atoms with E-state index in [9.17, 15) is 22.8 Å². The normalized spacial score (nSPS) is 15.7. The molecule has 1 aliphatic heterocycles. The fourth-order valence-electron chi connectivity index (χ4n) is 3.98. The number of anilines is 1. The summed E-state index contributed by atoms with van der Waals surface area (Å²) < 4.78 is 53.7. The van der Waals surface area contributed by atoms with E-state index in [2.05, 4.69) is 24.6 Å². The number of carbonyl (C=O) groups excluding carboxylic acids is 2. The number of hydrogen-bond donors (Lipinski definition) is 1. The highest BCUT2D eigenvalue weighted by Gasteiger charge is 2.33. The summed E-state index contributed by atoms with van der Waals surface area (Å²) in [7, 11) is 0. The predicted octanol–water partition coefficient (Wildman–Crippen LogP) is 5.13. The van der Waals surface area contributed by atoms with E-state index in [1.165, 1.54) is 6.20 Å². The summed E-state index contributed by atoms with van der Waals surface area (Å²) in [5.41, 5.74) is -0.107. The van der Waals surface area contributed by atoms with Crippen LogP contribution in [-0.4, -0.2) is 61.5 Å². The van der Waals surface area contributed by atoms with Crippen LogP contribution >= 0.6 is 11.5 Å². The molecule has 2 amide bonds. The highest BCUT2D eigenvalue weighted by molar-refractivity contribution is 7.06. The maximum atomic E-state index is 13.0. The second-order valence-electron chi connectivity index (χ2n) is 10.4. The molecular formula is C26H29F3N6O4S. The standard InChI is InChI=1S/C26H29F3N6O4S/c1-15-22(19(40-34-15)9-18-11-31-20(12-30-18)26(27,28)29)23(36)33-17-5-6-21(32-10-17)38-14-16-7-8-35(13-16)24(37)39-25(2,3)4/h5-6,10-12,16H,7-9,13-14H2,1-4H3,(H,33,36). The first-order valence-corrected chi connectivity index (χ1v) is 13.3. The monoisotopic (exact) mass is 578 g/mol. The fourth-order valence-corrected chi connectivity index (χ4v) is 4.87. The predicted molar refractivity (Wildman–Crippen MR) is 140 cm³/mol. The number of likely N-dealkylation sites (tertiary alicyclic amines) is 1. The second kappa shape index (κ2) is 11.7. The average molecular weight is 579 g/mol. The first-order valence-electron chi connectivity index (χ1n) is 12.5. The minimum Gasteiger partial charge on any atom is -0.477 e. The van der Waals surface area contributed by atoms with Crippen molar-refractivity contribution in [2.45, 2.75) is 52.3 Å². The molecule has 40 heavy (non-hydrogen) atoms. The molecule has 0 aliphatic carbocycles. The van der Waals surface area contributed by atoms with Gasteiger partial charge in [0, 0.05) is 42.6 Å². The number of alkyl halides is 3. The summed E-state index contributed by atoms with van der Waals surface area (Å²) in [6.45, 7) is 8.69. The van der Waals surface area contributed by atoms with Gasteiger partial charge in [-0.25, -0.2) is 14.8 Å². The molecular weight excluding hydrogens is 549 g/mol. The van der Waals surface area contributed by atoms with Crippen molar-refractivity contribution >= 4 is 29.2 Å². The first-order chi connectivity index (χ1) is 18.8. The Labute approximate surface area is 233 Å². The number of pyridine rings is 1. The van der Waals surface area contributed by atoms with E-state index >= 15 is 0 Å². The molecule has 0 spiro atoms. The van der Waals surface area contributed by atoms with Crippen molar-refractivity contribution < 1.29 is 32.2 Å². The smallest absolute Gasteiger partial charge is 0.434 e. The van der Waals surface area contributed by atoms with Crippen LogP contribution in [0.15, 0.2) is 30.7 Å². The van der Waals surface area contributed by atoms with E-state index in [1.807, 2.05) is 20.8 Å². The van der Waals surface area contributed by atoms with Gasteiger partial charge in [0.1, 0.15) is 5.60 Å². The number of rotatable bonds is 7. The van der Waals surface area contributed by atoms with Gasteiger partial charge in [-0.2, -0.15) is 17.5 Å². The van der Waals surface area contributed by atoms with E-state index in [1.54, 1.807) is 24.0 Å². The van der Waals surface area contributed by atoms with Gasteiger partial charge in [0.25, 0.3) is 5.91 Å². The van der Waals surface area contributed by atoms with Crippen LogP contribution in [-0.2, 0) is 17.3 Å². The Morgan fingerprint density at radius 1 is 1.12 bits per heavy atom. The number of amides is 2. The molecule has 10 nitrogen and oxygen atoms in total. The minimum atomic E-state index is -4.58. The van der Waals surface area contributed by atoms with Gasteiger partial charge in [-0.3, -0.25) is 9.78 Å². The molecule has 3 aromatic heterocycles. The topological polar surface area (TPSA) is 119 Å². The molecule has 0 radical (unpaired) electrons. The number of hydrogen-bond acceptors (Lipinski definition) is 9. The second-order valence-corrected chi connectivity index (χ2v) is 11.2. The quantitative estimate of drug-likeness (QED) is 0.410. The fraction of sp³-hybridized carbons (Fsp3) is 0.462. The van der Waals surface area contributed by atoms with Gasteiger partial charge in [0.2, 0.25) is 5.88 Å². The Morgan fingerprint density at radius 3 is 2.52 bits per heavy atom. The van der Waals surface area contributed by atoms with Crippen molar-refractivity contribution in [3.8, 4) is 5.88 Å². The first kappa shape index (κ1) is 29.2. The maximum Gasteiger partial charge on any atom is 0.434 e. The van der Waals surface area contributed by atoms with Crippen molar-refractivity contribution in [1.29, 1.82) is 0 Å². The molecule has 3 aromatic rings. The third-order valence-electron chi connectivity index (χ3n) is 5.90. The summed E-state index contributed by atoms with van der Waals surface area (Å²) in [4.78, 5) is 39.0. The highest BCUT2D eigenvalue weighted by Crippen LogP contribution is 2.28. The lowest BCUT2D eigenvalue weighted by Crippen LogP contribution is -2.35. The van der Waals surface area contributed by atoms with Gasteiger partial charge >= 0.3 is 12.3 Å². The van der Waals surface area contributed by atoms with E-state index in [-0.39, 0.29) is 24.1 Å². The lowest BCUT2D eigenvalue weighted by Gasteiger charge is -2.24. The van der Waals surface area contributed by atoms with Gasteiger partial charge in [-0.15, -0.1) is 0 Å². The molecule has 0 aromatic carbocycles. The number of aryl methyl sites for hydroxylation is 1. The van der Waals surface area contributed by atoms with Crippen LogP contribution in [0.1, 0.15) is 59.5 Å². The van der Waals surface area contributed by atoms with Gasteiger partial charge < -0.3 is 19.7 Å². The molecule has 1 aliphatic rings. The zero-order valence-corrected chi connectivity index (χ0v) is 23.2. The van der Waals surface area contributed by atoms with Gasteiger partial charge in [-0.05, 0) is 51.7 Å². The van der Waals surface area contributed by atoms with Crippen LogP contribution in [0.4, 0.5) is 23.7 Å². The van der Waals surface area contributed by atoms with E-state index in [0.29, 0.717) is 53.6 Å². The Kier molecular flexibility index (Phi) is 8.57. The van der Waals surface area contributed by atoms with Crippen LogP contribution < -0.4 is 10.1 Å². The molecule has 4 heterocycles. The third-order valence-corrected chi connectivity index (χ3v) is 6.83. The number of aromatic nitrogens is 4. The molecule has 0 saturated carbocycles. The Balaban J connectivity index is 1.30. The summed E-state index contributed by atoms with van der Waals surface area (Å²) in [5.74, 6) is 0.101. The number of carbonyl (C=O) groups is 2. The molecule has 14 heteroatoms. The van der Waals surface area contributed by atoms with Gasteiger partial charge in [0.15, 0.2) is 5.69 Å². The van der Waals surface area contributed by atoms with Crippen LogP contribution in [0.5, 0.6) is 5.88 Å². The van der Waals surface area contributed by atoms with E-state index < -0.39 is 23.4 Å². The molecule has 1 saturated heterocycles. The lowest BCUT2D eigenvalue weighted by atomic mass is 10.1. The zero-order valence-electron chi connectivity index (χ0n) is 22.4. The minimum absolute atomic E-state index is 0.108. The van der Waals surface area contributed by atoms with Crippen molar-refractivity contribution in [2.75, 3.05) is 25.0 Å². The summed E-state index contributed by atoms with van der Waals surface area (Å²) >= 11 is 1.08. The van der Waals surface area contributed by atoms with E-state index in [4.69, 9.17) is 9.47 Å². The van der Waals surface area contributed by atoms with Crippen LogP contribution in [0.3, 0.4) is 0 Å². The number of nitrogens with one attached hydrogen (secondary N) is 1. The Hall–Kier alpha value is -3.81. The Morgan fingerprint density at radius 2 is 1.90 bits per heavy atom. The van der Waals surface area contributed by atoms with Crippen LogP contribution in [0, 0.1) is 12.8 Å². The SMILES string of the molecule is Cc1nsc(Cc2cnc(C(F)(F)F)cn2)c1C(=O)Nc1ccc(OCC2CCN(C(=O)OC(C)(C)C)C2)nc1. The molecule has 4 rings (SSSR count). The largest absolute Gasteiger partial charge is 0.477 e. The molecule has 1 fully saturated rings. The lowest BCUT2D eigenvalue weighted by molar-refractivity contribution is -0.141. The maximum absolute atomic E-state index is 13.0. The molecule has 1 atom stereocenters. The molecule has 1 unspecified atom stereocenters. The number of ether oxygens (including phenoxy) is 2. The average Bonchev–Trinajstić information content (AvgIpc) is 3.49. The van der Waals surface area contributed by atoms with Crippen LogP contribution in [0.2, 0.25) is 0 Å². The Bertz CT molecular complexity index is 1340. The van der Waals surface area contributed by atoms with Crippen molar-refractivity contribution in [3.63, 3.8) is 0 Å². The zero-order chi connectivity index (χ0) is 29.1. The van der Waals surface area contributed by atoms with Crippen LogP contribution in [0.25, 0.3) is 0 Å². The summed E-state index contributed by atoms with van der Waals surface area (Å²) in [6, 6.07) is 3.28. The van der Waals surface area contributed by atoms with Crippen molar-refractivity contribution in [1.82, 2.24) is 24.2 Å². The summed E-state index contributed by atoms with van der Waals surface area (Å²) in [6.07, 6.45) is -0.833. The highest BCUT2D eigenvalue weighted by atomic mass is 32.1. The van der Waals surface area contributed by atoms with Crippen molar-refractivity contribution in [3.05, 3.63) is 58.2 Å². The number of nitrogens with zero attached hydrogens (tertiary/aromatic N) is 5.